The number of nitro benzene ring substituents is 1. The number of carbonyl (C=O) groups is 1. The number of hydrogen-bond donors (Lipinski definition) is 2. The molecule has 0 fully saturated rings. The number of thiocarbonyl (C=S) groups is 1. The molecule has 23 heavy (non-hydrogen) atoms. The number of anilines is 1. The van der Waals surface area contributed by atoms with Crippen molar-refractivity contribution in [2.45, 2.75) is 6.92 Å². The number of aryl methyl sites for hydroxylation is 1. The maximum absolute atomic E-state index is 13.1. The molecular weight excluding hydrogens is 321 g/mol. The third kappa shape index (κ3) is 4.30. The summed E-state index contributed by atoms with van der Waals surface area (Å²) >= 11 is 5.02. The number of non-ortho nitro benzene ring substituents is 1. The standard InChI is InChI=1S/C15H12FN3O3S/c1-9-7-12(19(21)22)5-6-13(9)17-15(23)18-14(20)10-3-2-4-11(16)8-10/h2-8H,1H3,(H2,17,18,20,23). The molecule has 2 rings (SSSR count). The van der Waals surface area contributed by atoms with Gasteiger partial charge in [0.1, 0.15) is 5.82 Å². The first-order chi connectivity index (χ1) is 10.9. The van der Waals surface area contributed by atoms with Gasteiger partial charge in [-0.1, -0.05) is 6.07 Å². The number of nitro groups is 1. The van der Waals surface area contributed by atoms with Crippen molar-refractivity contribution in [3.05, 3.63) is 69.5 Å². The van der Waals surface area contributed by atoms with Gasteiger partial charge in [-0.3, -0.25) is 20.2 Å². The van der Waals surface area contributed by atoms with Crippen LogP contribution in [0.15, 0.2) is 42.5 Å². The van der Waals surface area contributed by atoms with Crippen molar-refractivity contribution in [2.75, 3.05) is 5.32 Å². The highest BCUT2D eigenvalue weighted by molar-refractivity contribution is 7.80. The zero-order valence-corrected chi connectivity index (χ0v) is 12.8. The van der Waals surface area contributed by atoms with Crippen molar-refractivity contribution in [3.63, 3.8) is 0 Å². The lowest BCUT2D eigenvalue weighted by atomic mass is 10.2. The smallest absolute Gasteiger partial charge is 0.269 e. The summed E-state index contributed by atoms with van der Waals surface area (Å²) in [5.74, 6) is -1.08. The van der Waals surface area contributed by atoms with Crippen LogP contribution in [0.3, 0.4) is 0 Å². The highest BCUT2D eigenvalue weighted by atomic mass is 32.1. The molecule has 6 nitrogen and oxygen atoms in total. The van der Waals surface area contributed by atoms with Gasteiger partial charge in [0, 0.05) is 23.4 Å². The minimum atomic E-state index is -0.554. The molecule has 118 valence electrons. The van der Waals surface area contributed by atoms with Gasteiger partial charge in [0.25, 0.3) is 11.6 Å². The Morgan fingerprint density at radius 3 is 2.61 bits per heavy atom. The van der Waals surface area contributed by atoms with Gasteiger partial charge in [0.15, 0.2) is 5.11 Å². The van der Waals surface area contributed by atoms with Crippen LogP contribution in [-0.4, -0.2) is 15.9 Å². The number of nitrogens with one attached hydrogen (secondary N) is 2. The van der Waals surface area contributed by atoms with Crippen molar-refractivity contribution < 1.29 is 14.1 Å². The summed E-state index contributed by atoms with van der Waals surface area (Å²) in [7, 11) is 0. The van der Waals surface area contributed by atoms with Gasteiger partial charge in [-0.05, 0) is 49.0 Å². The molecular formula is C15H12FN3O3S. The second kappa shape index (κ2) is 6.93. The molecule has 2 aromatic rings. The number of nitrogens with zero attached hydrogens (tertiary/aromatic N) is 1. The Morgan fingerprint density at radius 2 is 2.00 bits per heavy atom. The summed E-state index contributed by atoms with van der Waals surface area (Å²) in [6, 6.07) is 9.40. The molecule has 0 atom stereocenters. The average molecular weight is 333 g/mol. The topological polar surface area (TPSA) is 84.3 Å². The summed E-state index contributed by atoms with van der Waals surface area (Å²) in [6.07, 6.45) is 0. The second-order valence-corrected chi connectivity index (χ2v) is 5.08. The van der Waals surface area contributed by atoms with E-state index >= 15 is 0 Å². The van der Waals surface area contributed by atoms with Crippen molar-refractivity contribution >= 4 is 34.6 Å². The quantitative estimate of drug-likeness (QED) is 0.512. The Balaban J connectivity index is 2.05. The van der Waals surface area contributed by atoms with E-state index in [-0.39, 0.29) is 16.4 Å². The normalized spacial score (nSPS) is 10.0. The van der Waals surface area contributed by atoms with Crippen LogP contribution in [-0.2, 0) is 0 Å². The van der Waals surface area contributed by atoms with Crippen molar-refractivity contribution in [2.24, 2.45) is 0 Å². The van der Waals surface area contributed by atoms with Gasteiger partial charge < -0.3 is 5.32 Å². The fourth-order valence-electron chi connectivity index (χ4n) is 1.86. The summed E-state index contributed by atoms with van der Waals surface area (Å²) in [6.45, 7) is 1.67. The van der Waals surface area contributed by atoms with Crippen molar-refractivity contribution in [1.29, 1.82) is 0 Å². The maximum atomic E-state index is 13.1. The molecule has 8 heteroatoms. The minimum absolute atomic E-state index is 0.0104. The van der Waals surface area contributed by atoms with Crippen LogP contribution in [0.5, 0.6) is 0 Å². The van der Waals surface area contributed by atoms with Crippen LogP contribution in [0.1, 0.15) is 15.9 Å². The van der Waals surface area contributed by atoms with Crippen LogP contribution in [0, 0.1) is 22.9 Å². The molecule has 0 saturated carbocycles. The Kier molecular flexibility index (Phi) is 4.97. The van der Waals surface area contributed by atoms with Crippen LogP contribution >= 0.6 is 12.2 Å². The number of benzene rings is 2. The van der Waals surface area contributed by atoms with E-state index in [1.165, 1.54) is 36.4 Å². The Bertz CT molecular complexity index is 795. The lowest BCUT2D eigenvalue weighted by Gasteiger charge is -2.11. The van der Waals surface area contributed by atoms with Gasteiger partial charge in [-0.15, -0.1) is 0 Å². The third-order valence-corrected chi connectivity index (χ3v) is 3.19. The van der Waals surface area contributed by atoms with E-state index in [0.717, 1.165) is 6.07 Å². The molecule has 0 aromatic heterocycles. The number of halogens is 1. The van der Waals surface area contributed by atoms with Gasteiger partial charge >= 0.3 is 0 Å². The van der Waals surface area contributed by atoms with E-state index in [2.05, 4.69) is 10.6 Å². The summed E-state index contributed by atoms with van der Waals surface area (Å²) < 4.78 is 13.1. The third-order valence-electron chi connectivity index (χ3n) is 2.98. The number of hydrogen-bond acceptors (Lipinski definition) is 4. The van der Waals surface area contributed by atoms with Crippen molar-refractivity contribution in [1.82, 2.24) is 5.32 Å². The van der Waals surface area contributed by atoms with E-state index in [0.29, 0.717) is 11.3 Å². The van der Waals surface area contributed by atoms with Crippen LogP contribution in [0.4, 0.5) is 15.8 Å². The fourth-order valence-corrected chi connectivity index (χ4v) is 2.06. The summed E-state index contributed by atoms with van der Waals surface area (Å²) in [4.78, 5) is 22.1. The zero-order valence-electron chi connectivity index (χ0n) is 12.0. The maximum Gasteiger partial charge on any atom is 0.269 e. The highest BCUT2D eigenvalue weighted by Gasteiger charge is 2.11. The summed E-state index contributed by atoms with van der Waals surface area (Å²) in [5, 5.41) is 15.9. The number of carbonyl (C=O) groups excluding carboxylic acids is 1. The number of rotatable bonds is 3. The largest absolute Gasteiger partial charge is 0.332 e. The predicted octanol–water partition coefficient (Wildman–Crippen LogP) is 3.17. The second-order valence-electron chi connectivity index (χ2n) is 4.67. The van der Waals surface area contributed by atoms with Gasteiger partial charge in [0.2, 0.25) is 0 Å². The van der Waals surface area contributed by atoms with E-state index in [4.69, 9.17) is 12.2 Å². The van der Waals surface area contributed by atoms with Gasteiger partial charge in [-0.2, -0.15) is 0 Å². The van der Waals surface area contributed by atoms with E-state index < -0.39 is 16.6 Å². The molecule has 2 aromatic carbocycles. The highest BCUT2D eigenvalue weighted by Crippen LogP contribution is 2.21. The van der Waals surface area contributed by atoms with Crippen LogP contribution in [0.25, 0.3) is 0 Å². The molecule has 0 saturated heterocycles. The van der Waals surface area contributed by atoms with E-state index in [9.17, 15) is 19.3 Å². The molecule has 0 radical (unpaired) electrons. The van der Waals surface area contributed by atoms with Crippen LogP contribution in [0.2, 0.25) is 0 Å². The lowest BCUT2D eigenvalue weighted by Crippen LogP contribution is -2.34. The Hall–Kier alpha value is -2.87. The van der Waals surface area contributed by atoms with E-state index in [1.807, 2.05) is 0 Å². The molecule has 0 bridgehead atoms. The number of amides is 1. The van der Waals surface area contributed by atoms with Gasteiger partial charge in [-0.25, -0.2) is 4.39 Å². The first kappa shape index (κ1) is 16.5. The predicted molar refractivity (Wildman–Crippen MR) is 87.9 cm³/mol. The summed E-state index contributed by atoms with van der Waals surface area (Å²) in [5.41, 5.74) is 1.22. The average Bonchev–Trinajstić information content (AvgIpc) is 2.49. The van der Waals surface area contributed by atoms with E-state index in [1.54, 1.807) is 6.92 Å². The Morgan fingerprint density at radius 1 is 1.26 bits per heavy atom. The first-order valence-corrected chi connectivity index (χ1v) is 6.90. The first-order valence-electron chi connectivity index (χ1n) is 6.50. The molecule has 0 spiro atoms. The molecule has 0 aliphatic carbocycles. The molecule has 0 heterocycles. The van der Waals surface area contributed by atoms with Crippen LogP contribution < -0.4 is 10.6 Å². The SMILES string of the molecule is Cc1cc([N+](=O)[O-])ccc1NC(=S)NC(=O)c1cccc(F)c1. The molecule has 0 aliphatic heterocycles. The molecule has 0 unspecified atom stereocenters. The molecule has 1 amide bonds. The van der Waals surface area contributed by atoms with Crippen molar-refractivity contribution in [3.8, 4) is 0 Å². The monoisotopic (exact) mass is 333 g/mol. The molecule has 0 aliphatic rings. The zero-order chi connectivity index (χ0) is 17.0. The fraction of sp³-hybridized carbons (Fsp3) is 0.0667. The van der Waals surface area contributed by atoms with Gasteiger partial charge in [0.05, 0.1) is 4.92 Å². The Labute approximate surface area is 136 Å². The lowest BCUT2D eigenvalue weighted by molar-refractivity contribution is -0.384. The minimum Gasteiger partial charge on any atom is -0.332 e. The molecule has 2 N–H and O–H groups in total.